The van der Waals surface area contributed by atoms with Crippen LogP contribution in [0.5, 0.6) is 5.75 Å². The number of hydrogen-bond donors (Lipinski definition) is 1. The fourth-order valence-electron chi connectivity index (χ4n) is 2.72. The van der Waals surface area contributed by atoms with Crippen molar-refractivity contribution in [3.05, 3.63) is 30.3 Å². The molecule has 1 fully saturated rings. The zero-order chi connectivity index (χ0) is 13.5. The van der Waals surface area contributed by atoms with Gasteiger partial charge < -0.3 is 15.4 Å². The van der Waals surface area contributed by atoms with Gasteiger partial charge in [0, 0.05) is 19.1 Å². The molecule has 19 heavy (non-hydrogen) atoms. The normalized spacial score (nSPS) is 22.1. The molecule has 1 heterocycles. The van der Waals surface area contributed by atoms with E-state index in [9.17, 15) is 0 Å². The average molecular weight is 262 g/mol. The first kappa shape index (κ1) is 14.4. The smallest absolute Gasteiger partial charge is 0.119 e. The highest BCUT2D eigenvalue weighted by atomic mass is 16.5. The highest BCUT2D eigenvalue weighted by Gasteiger charge is 2.21. The van der Waals surface area contributed by atoms with E-state index < -0.39 is 0 Å². The van der Waals surface area contributed by atoms with Gasteiger partial charge in [0.1, 0.15) is 5.75 Å². The number of nitrogens with zero attached hydrogens (tertiary/aromatic N) is 1. The molecule has 1 aromatic rings. The minimum Gasteiger partial charge on any atom is -0.494 e. The molecule has 1 aromatic carbocycles. The van der Waals surface area contributed by atoms with Gasteiger partial charge in [-0.1, -0.05) is 18.2 Å². The fourth-order valence-corrected chi connectivity index (χ4v) is 2.72. The van der Waals surface area contributed by atoms with Gasteiger partial charge in [-0.25, -0.2) is 0 Å². The Labute approximate surface area is 116 Å². The first-order chi connectivity index (χ1) is 9.25. The number of benzene rings is 1. The third-order valence-corrected chi connectivity index (χ3v) is 3.92. The van der Waals surface area contributed by atoms with Crippen molar-refractivity contribution in [2.24, 2.45) is 11.7 Å². The molecule has 0 amide bonds. The number of ether oxygens (including phenoxy) is 1. The summed E-state index contributed by atoms with van der Waals surface area (Å²) in [5.41, 5.74) is 6.01. The lowest BCUT2D eigenvalue weighted by atomic mass is 9.92. The molecule has 2 N–H and O–H groups in total. The van der Waals surface area contributed by atoms with E-state index in [2.05, 4.69) is 11.8 Å². The summed E-state index contributed by atoms with van der Waals surface area (Å²) in [6.07, 6.45) is 3.65. The van der Waals surface area contributed by atoms with Crippen LogP contribution in [0.3, 0.4) is 0 Å². The van der Waals surface area contributed by atoms with Crippen LogP contribution in [0.2, 0.25) is 0 Å². The van der Waals surface area contributed by atoms with Gasteiger partial charge in [0.15, 0.2) is 0 Å². The maximum Gasteiger partial charge on any atom is 0.119 e. The Balaban J connectivity index is 1.63. The standard InChI is InChI=1S/C16H26N2O/c1-14(17)15-7-5-10-18(13-15)11-6-12-19-16-8-3-2-4-9-16/h2-4,8-9,14-15H,5-7,10-13,17H2,1H3. The summed E-state index contributed by atoms with van der Waals surface area (Å²) in [6.45, 7) is 6.42. The molecule has 0 bridgehead atoms. The van der Waals surface area contributed by atoms with Gasteiger partial charge in [-0.2, -0.15) is 0 Å². The van der Waals surface area contributed by atoms with Crippen molar-refractivity contribution in [3.8, 4) is 5.75 Å². The molecule has 0 aliphatic carbocycles. The lowest BCUT2D eigenvalue weighted by Gasteiger charge is -2.34. The number of hydrogen-bond acceptors (Lipinski definition) is 3. The zero-order valence-electron chi connectivity index (χ0n) is 11.9. The quantitative estimate of drug-likeness (QED) is 0.801. The molecule has 1 aliphatic rings. The number of piperidine rings is 1. The van der Waals surface area contributed by atoms with Crippen LogP contribution in [0.4, 0.5) is 0 Å². The van der Waals surface area contributed by atoms with Crippen molar-refractivity contribution in [3.63, 3.8) is 0 Å². The topological polar surface area (TPSA) is 38.5 Å². The fraction of sp³-hybridized carbons (Fsp3) is 0.625. The van der Waals surface area contributed by atoms with Crippen molar-refractivity contribution in [1.29, 1.82) is 0 Å². The van der Waals surface area contributed by atoms with E-state index in [1.165, 1.54) is 19.4 Å². The van der Waals surface area contributed by atoms with Crippen LogP contribution in [0.25, 0.3) is 0 Å². The molecule has 2 rings (SSSR count). The van der Waals surface area contributed by atoms with Crippen molar-refractivity contribution in [1.82, 2.24) is 4.90 Å². The Morgan fingerprint density at radius 1 is 1.37 bits per heavy atom. The second-order valence-electron chi connectivity index (χ2n) is 5.58. The van der Waals surface area contributed by atoms with E-state index >= 15 is 0 Å². The van der Waals surface area contributed by atoms with Gasteiger partial charge in [0.25, 0.3) is 0 Å². The average Bonchev–Trinajstić information content (AvgIpc) is 2.45. The maximum atomic E-state index is 6.01. The van der Waals surface area contributed by atoms with E-state index in [1.54, 1.807) is 0 Å². The molecule has 1 saturated heterocycles. The molecule has 106 valence electrons. The van der Waals surface area contributed by atoms with Crippen LogP contribution in [0.1, 0.15) is 26.2 Å². The Kier molecular flexibility index (Phi) is 5.67. The number of para-hydroxylation sites is 1. The summed E-state index contributed by atoms with van der Waals surface area (Å²) in [5, 5.41) is 0. The Morgan fingerprint density at radius 3 is 2.89 bits per heavy atom. The summed E-state index contributed by atoms with van der Waals surface area (Å²) >= 11 is 0. The van der Waals surface area contributed by atoms with E-state index in [4.69, 9.17) is 10.5 Å². The molecule has 0 spiro atoms. The van der Waals surface area contributed by atoms with E-state index in [0.29, 0.717) is 12.0 Å². The van der Waals surface area contributed by atoms with Crippen molar-refractivity contribution in [2.45, 2.75) is 32.2 Å². The summed E-state index contributed by atoms with van der Waals surface area (Å²) in [7, 11) is 0. The summed E-state index contributed by atoms with van der Waals surface area (Å²) in [6, 6.07) is 10.4. The summed E-state index contributed by atoms with van der Waals surface area (Å²) in [4.78, 5) is 2.53. The highest BCUT2D eigenvalue weighted by molar-refractivity contribution is 5.20. The third-order valence-electron chi connectivity index (χ3n) is 3.92. The zero-order valence-corrected chi connectivity index (χ0v) is 11.9. The second kappa shape index (κ2) is 7.51. The summed E-state index contributed by atoms with van der Waals surface area (Å²) < 4.78 is 5.72. The second-order valence-corrected chi connectivity index (χ2v) is 5.58. The van der Waals surface area contributed by atoms with Gasteiger partial charge in [0.05, 0.1) is 6.61 Å². The molecule has 2 atom stereocenters. The number of rotatable bonds is 6. The lowest BCUT2D eigenvalue weighted by molar-refractivity contribution is 0.151. The van der Waals surface area contributed by atoms with Gasteiger partial charge in [-0.05, 0) is 50.8 Å². The molecule has 0 aromatic heterocycles. The maximum absolute atomic E-state index is 6.01. The van der Waals surface area contributed by atoms with Crippen LogP contribution in [0.15, 0.2) is 30.3 Å². The van der Waals surface area contributed by atoms with Crippen molar-refractivity contribution < 1.29 is 4.74 Å². The van der Waals surface area contributed by atoms with Gasteiger partial charge >= 0.3 is 0 Å². The van der Waals surface area contributed by atoms with E-state index in [0.717, 1.165) is 31.9 Å². The predicted octanol–water partition coefficient (Wildman–Crippen LogP) is 2.51. The monoisotopic (exact) mass is 262 g/mol. The highest BCUT2D eigenvalue weighted by Crippen LogP contribution is 2.18. The third kappa shape index (κ3) is 4.84. The lowest BCUT2D eigenvalue weighted by Crippen LogP contribution is -2.42. The van der Waals surface area contributed by atoms with E-state index in [-0.39, 0.29) is 0 Å². The Bertz CT molecular complexity index is 353. The van der Waals surface area contributed by atoms with E-state index in [1.807, 2.05) is 30.3 Å². The molecular formula is C16H26N2O. The number of likely N-dealkylation sites (tertiary alicyclic amines) is 1. The Morgan fingerprint density at radius 2 is 2.16 bits per heavy atom. The first-order valence-corrected chi connectivity index (χ1v) is 7.41. The summed E-state index contributed by atoms with van der Waals surface area (Å²) in [5.74, 6) is 1.64. The van der Waals surface area contributed by atoms with Crippen LogP contribution in [-0.4, -0.2) is 37.2 Å². The Hall–Kier alpha value is -1.06. The minimum absolute atomic E-state index is 0.323. The predicted molar refractivity (Wildman–Crippen MR) is 79.4 cm³/mol. The van der Waals surface area contributed by atoms with Crippen LogP contribution >= 0.6 is 0 Å². The number of nitrogens with two attached hydrogens (primary N) is 1. The van der Waals surface area contributed by atoms with Crippen molar-refractivity contribution >= 4 is 0 Å². The molecule has 2 unspecified atom stereocenters. The molecule has 3 nitrogen and oxygen atoms in total. The first-order valence-electron chi connectivity index (χ1n) is 7.41. The molecular weight excluding hydrogens is 236 g/mol. The van der Waals surface area contributed by atoms with Gasteiger partial charge in [0.2, 0.25) is 0 Å². The SMILES string of the molecule is CC(N)C1CCCN(CCCOc2ccccc2)C1. The molecule has 0 saturated carbocycles. The molecule has 3 heteroatoms. The van der Waals surface area contributed by atoms with Gasteiger partial charge in [-0.15, -0.1) is 0 Å². The van der Waals surface area contributed by atoms with Crippen LogP contribution in [0, 0.1) is 5.92 Å². The van der Waals surface area contributed by atoms with Crippen LogP contribution < -0.4 is 10.5 Å². The van der Waals surface area contributed by atoms with Crippen LogP contribution in [-0.2, 0) is 0 Å². The molecule has 0 radical (unpaired) electrons. The van der Waals surface area contributed by atoms with Crippen molar-refractivity contribution in [2.75, 3.05) is 26.2 Å². The largest absolute Gasteiger partial charge is 0.494 e. The van der Waals surface area contributed by atoms with Gasteiger partial charge in [-0.3, -0.25) is 0 Å². The minimum atomic E-state index is 0.323. The molecule has 1 aliphatic heterocycles.